The third kappa shape index (κ3) is 5.93. The van der Waals surface area contributed by atoms with E-state index in [9.17, 15) is 0 Å². The van der Waals surface area contributed by atoms with Gasteiger partial charge in [0.15, 0.2) is 0 Å². The summed E-state index contributed by atoms with van der Waals surface area (Å²) in [5, 5.41) is 3.42. The highest BCUT2D eigenvalue weighted by atomic mass is 79.9. The molecular formula is C15H24BrNO2. The van der Waals surface area contributed by atoms with Crippen LogP contribution in [0.2, 0.25) is 0 Å². The second-order valence-corrected chi connectivity index (χ2v) is 5.35. The van der Waals surface area contributed by atoms with Crippen molar-refractivity contribution in [3.8, 4) is 5.75 Å². The molecule has 0 saturated heterocycles. The molecule has 4 heteroatoms. The molecule has 0 aliphatic carbocycles. The van der Waals surface area contributed by atoms with Crippen LogP contribution in [0, 0.1) is 6.92 Å². The summed E-state index contributed by atoms with van der Waals surface area (Å²) in [5.74, 6) is 0.978. The highest BCUT2D eigenvalue weighted by Crippen LogP contribution is 2.28. The SMILES string of the molecule is CCCNCc1cc(Br)cc(C)c1OCCOCC. The molecule has 1 aromatic carbocycles. The number of hydrogen-bond donors (Lipinski definition) is 1. The number of hydrogen-bond acceptors (Lipinski definition) is 3. The van der Waals surface area contributed by atoms with E-state index in [-0.39, 0.29) is 0 Å². The van der Waals surface area contributed by atoms with Crippen LogP contribution in [-0.4, -0.2) is 26.4 Å². The minimum Gasteiger partial charge on any atom is -0.491 e. The van der Waals surface area contributed by atoms with E-state index in [0.29, 0.717) is 13.2 Å². The predicted molar refractivity (Wildman–Crippen MR) is 82.9 cm³/mol. The summed E-state index contributed by atoms with van der Waals surface area (Å²) >= 11 is 3.54. The first-order chi connectivity index (χ1) is 9.19. The van der Waals surface area contributed by atoms with Crippen LogP contribution in [0.15, 0.2) is 16.6 Å². The number of benzene rings is 1. The van der Waals surface area contributed by atoms with E-state index in [4.69, 9.17) is 9.47 Å². The number of nitrogens with one attached hydrogen (secondary N) is 1. The Kier molecular flexibility index (Phi) is 8.10. The van der Waals surface area contributed by atoms with E-state index in [2.05, 4.69) is 47.2 Å². The van der Waals surface area contributed by atoms with Gasteiger partial charge in [0.25, 0.3) is 0 Å². The van der Waals surface area contributed by atoms with Crippen LogP contribution in [0.3, 0.4) is 0 Å². The van der Waals surface area contributed by atoms with E-state index in [0.717, 1.165) is 41.9 Å². The number of ether oxygens (including phenoxy) is 2. The quantitative estimate of drug-likeness (QED) is 0.701. The molecule has 0 atom stereocenters. The van der Waals surface area contributed by atoms with Gasteiger partial charge in [-0.1, -0.05) is 22.9 Å². The molecule has 0 saturated carbocycles. The first-order valence-electron chi connectivity index (χ1n) is 6.89. The third-order valence-corrected chi connectivity index (χ3v) is 3.19. The van der Waals surface area contributed by atoms with Gasteiger partial charge in [0, 0.05) is 23.2 Å². The first-order valence-corrected chi connectivity index (χ1v) is 7.68. The average Bonchev–Trinajstić information content (AvgIpc) is 2.37. The van der Waals surface area contributed by atoms with Gasteiger partial charge in [-0.15, -0.1) is 0 Å². The smallest absolute Gasteiger partial charge is 0.126 e. The lowest BCUT2D eigenvalue weighted by molar-refractivity contribution is 0.109. The van der Waals surface area contributed by atoms with Crippen LogP contribution in [0.4, 0.5) is 0 Å². The fraction of sp³-hybridized carbons (Fsp3) is 0.600. The number of halogens is 1. The van der Waals surface area contributed by atoms with Gasteiger partial charge in [0.05, 0.1) is 6.61 Å². The fourth-order valence-electron chi connectivity index (χ4n) is 1.88. The standard InChI is InChI=1S/C15H24BrNO2/c1-4-6-17-11-13-10-14(16)9-12(3)15(13)19-8-7-18-5-2/h9-10,17H,4-8,11H2,1-3H3. The van der Waals surface area contributed by atoms with Crippen LogP contribution >= 0.6 is 15.9 Å². The van der Waals surface area contributed by atoms with Gasteiger partial charge in [-0.25, -0.2) is 0 Å². The first kappa shape index (κ1) is 16.5. The number of rotatable bonds is 9. The maximum atomic E-state index is 5.87. The van der Waals surface area contributed by atoms with E-state index < -0.39 is 0 Å². The molecule has 1 N–H and O–H groups in total. The van der Waals surface area contributed by atoms with Crippen molar-refractivity contribution < 1.29 is 9.47 Å². The fourth-order valence-corrected chi connectivity index (χ4v) is 2.50. The zero-order valence-corrected chi connectivity index (χ0v) is 13.7. The largest absolute Gasteiger partial charge is 0.491 e. The van der Waals surface area contributed by atoms with Crippen LogP contribution in [-0.2, 0) is 11.3 Å². The third-order valence-electron chi connectivity index (χ3n) is 2.74. The molecule has 108 valence electrons. The summed E-state index contributed by atoms with van der Waals surface area (Å²) in [7, 11) is 0. The van der Waals surface area contributed by atoms with Crippen molar-refractivity contribution in [1.29, 1.82) is 0 Å². The second-order valence-electron chi connectivity index (χ2n) is 4.43. The molecule has 0 fully saturated rings. The molecule has 0 unspecified atom stereocenters. The molecule has 0 bridgehead atoms. The summed E-state index contributed by atoms with van der Waals surface area (Å²) in [6.45, 7) is 10.0. The minimum atomic E-state index is 0.594. The molecule has 0 radical (unpaired) electrons. The summed E-state index contributed by atoms with van der Waals surface area (Å²) in [6.07, 6.45) is 1.13. The normalized spacial score (nSPS) is 10.7. The Morgan fingerprint density at radius 2 is 2.00 bits per heavy atom. The van der Waals surface area contributed by atoms with Crippen LogP contribution in [0.1, 0.15) is 31.4 Å². The molecule has 19 heavy (non-hydrogen) atoms. The monoisotopic (exact) mass is 329 g/mol. The molecule has 0 aliphatic heterocycles. The molecule has 0 aliphatic rings. The lowest BCUT2D eigenvalue weighted by Gasteiger charge is -2.15. The van der Waals surface area contributed by atoms with E-state index in [1.165, 1.54) is 5.56 Å². The Hall–Kier alpha value is -0.580. The lowest BCUT2D eigenvalue weighted by atomic mass is 10.1. The lowest BCUT2D eigenvalue weighted by Crippen LogP contribution is -2.16. The van der Waals surface area contributed by atoms with E-state index in [1.54, 1.807) is 0 Å². The van der Waals surface area contributed by atoms with Gasteiger partial charge in [-0.05, 0) is 44.5 Å². The molecule has 0 amide bonds. The highest BCUT2D eigenvalue weighted by molar-refractivity contribution is 9.10. The van der Waals surface area contributed by atoms with Crippen molar-refractivity contribution in [3.63, 3.8) is 0 Å². The Morgan fingerprint density at radius 3 is 2.68 bits per heavy atom. The summed E-state index contributed by atoms with van der Waals surface area (Å²) < 4.78 is 12.3. The van der Waals surface area contributed by atoms with E-state index >= 15 is 0 Å². The van der Waals surface area contributed by atoms with Crippen molar-refractivity contribution in [2.45, 2.75) is 33.7 Å². The maximum absolute atomic E-state index is 5.87. The zero-order chi connectivity index (χ0) is 14.1. The Labute approximate surface area is 124 Å². The second kappa shape index (κ2) is 9.34. The molecule has 3 nitrogen and oxygen atoms in total. The summed E-state index contributed by atoms with van der Waals surface area (Å²) in [4.78, 5) is 0. The molecular weight excluding hydrogens is 306 g/mol. The van der Waals surface area contributed by atoms with Crippen LogP contribution in [0.5, 0.6) is 5.75 Å². The van der Waals surface area contributed by atoms with Gasteiger partial charge in [0.1, 0.15) is 12.4 Å². The van der Waals surface area contributed by atoms with Gasteiger partial charge >= 0.3 is 0 Å². The molecule has 0 spiro atoms. The Bertz CT molecular complexity index is 383. The molecule has 0 aromatic heterocycles. The van der Waals surface area contributed by atoms with Crippen LogP contribution in [0.25, 0.3) is 0 Å². The zero-order valence-electron chi connectivity index (χ0n) is 12.1. The van der Waals surface area contributed by atoms with E-state index in [1.807, 2.05) is 6.92 Å². The van der Waals surface area contributed by atoms with Crippen molar-refractivity contribution >= 4 is 15.9 Å². The summed E-state index contributed by atoms with van der Waals surface area (Å²) in [5.41, 5.74) is 2.34. The molecule has 1 rings (SSSR count). The van der Waals surface area contributed by atoms with Gasteiger partial charge in [-0.3, -0.25) is 0 Å². The topological polar surface area (TPSA) is 30.5 Å². The van der Waals surface area contributed by atoms with Crippen molar-refractivity contribution in [1.82, 2.24) is 5.32 Å². The summed E-state index contributed by atoms with van der Waals surface area (Å²) in [6, 6.07) is 4.20. The highest BCUT2D eigenvalue weighted by Gasteiger charge is 2.09. The van der Waals surface area contributed by atoms with Gasteiger partial charge < -0.3 is 14.8 Å². The molecule has 1 aromatic rings. The maximum Gasteiger partial charge on any atom is 0.126 e. The van der Waals surface area contributed by atoms with Gasteiger partial charge in [-0.2, -0.15) is 0 Å². The predicted octanol–water partition coefficient (Wildman–Crippen LogP) is 3.67. The van der Waals surface area contributed by atoms with Crippen molar-refractivity contribution in [3.05, 3.63) is 27.7 Å². The number of aryl methyl sites for hydroxylation is 1. The van der Waals surface area contributed by atoms with Crippen LogP contribution < -0.4 is 10.1 Å². The Balaban J connectivity index is 2.69. The Morgan fingerprint density at radius 1 is 1.21 bits per heavy atom. The molecule has 0 heterocycles. The average molecular weight is 330 g/mol. The van der Waals surface area contributed by atoms with Gasteiger partial charge in [0.2, 0.25) is 0 Å². The minimum absolute atomic E-state index is 0.594. The van der Waals surface area contributed by atoms with Crippen molar-refractivity contribution in [2.24, 2.45) is 0 Å². The van der Waals surface area contributed by atoms with Crippen molar-refractivity contribution in [2.75, 3.05) is 26.4 Å².